The Balaban J connectivity index is 1.52. The summed E-state index contributed by atoms with van der Waals surface area (Å²) in [4.78, 5) is 16.5. The van der Waals surface area contributed by atoms with Gasteiger partial charge in [-0.3, -0.25) is 0 Å². The van der Waals surface area contributed by atoms with E-state index in [0.717, 1.165) is 29.4 Å². The van der Waals surface area contributed by atoms with Gasteiger partial charge >= 0.3 is 6.03 Å². The number of amides is 2. The minimum atomic E-state index is -0.00272. The fourth-order valence-corrected chi connectivity index (χ4v) is 3.20. The highest BCUT2D eigenvalue weighted by Gasteiger charge is 2.22. The van der Waals surface area contributed by atoms with E-state index in [-0.39, 0.29) is 6.03 Å². The first-order valence-electron chi connectivity index (χ1n) is 8.22. The van der Waals surface area contributed by atoms with Crippen molar-refractivity contribution in [2.45, 2.75) is 13.5 Å². The largest absolute Gasteiger partial charge is 0.367 e. The molecule has 1 fully saturated rings. The number of hydrogen-bond acceptors (Lipinski definition) is 2. The van der Waals surface area contributed by atoms with Crippen LogP contribution in [0.2, 0.25) is 5.02 Å². The number of rotatable bonds is 3. The van der Waals surface area contributed by atoms with Crippen molar-refractivity contribution in [2.75, 3.05) is 31.1 Å². The number of carbonyl (C=O) groups excluding carboxylic acids is 1. The summed E-state index contributed by atoms with van der Waals surface area (Å²) in [5, 5.41) is 3.78. The van der Waals surface area contributed by atoms with Gasteiger partial charge in [0, 0.05) is 32.7 Å². The molecule has 1 saturated heterocycles. The maximum Gasteiger partial charge on any atom is 0.317 e. The quantitative estimate of drug-likeness (QED) is 0.922. The zero-order chi connectivity index (χ0) is 16.9. The SMILES string of the molecule is Cc1ccccc1CNC(=O)N1CCN(c2ccccc2Cl)CC1. The molecule has 2 amide bonds. The lowest BCUT2D eigenvalue weighted by Gasteiger charge is -2.36. The van der Waals surface area contributed by atoms with Gasteiger partial charge in [-0.1, -0.05) is 48.0 Å². The minimum absolute atomic E-state index is 0.00272. The van der Waals surface area contributed by atoms with Crippen LogP contribution in [0, 0.1) is 6.92 Å². The van der Waals surface area contributed by atoms with E-state index in [4.69, 9.17) is 11.6 Å². The first kappa shape index (κ1) is 16.7. The number of anilines is 1. The predicted octanol–water partition coefficient (Wildman–Crippen LogP) is 3.68. The molecule has 0 bridgehead atoms. The first-order valence-corrected chi connectivity index (χ1v) is 8.60. The van der Waals surface area contributed by atoms with Crippen LogP contribution in [0.5, 0.6) is 0 Å². The van der Waals surface area contributed by atoms with Gasteiger partial charge in [0.2, 0.25) is 0 Å². The number of urea groups is 1. The molecule has 126 valence electrons. The Morgan fingerprint density at radius 1 is 1.04 bits per heavy atom. The molecule has 1 aliphatic heterocycles. The van der Waals surface area contributed by atoms with Crippen LogP contribution >= 0.6 is 11.6 Å². The third-order valence-electron chi connectivity index (χ3n) is 4.45. The molecule has 0 aromatic heterocycles. The number of nitrogens with one attached hydrogen (secondary N) is 1. The summed E-state index contributed by atoms with van der Waals surface area (Å²) in [6.45, 7) is 5.61. The van der Waals surface area contributed by atoms with Crippen LogP contribution in [0.3, 0.4) is 0 Å². The van der Waals surface area contributed by atoms with Crippen molar-refractivity contribution < 1.29 is 4.79 Å². The van der Waals surface area contributed by atoms with Gasteiger partial charge in [-0.25, -0.2) is 4.79 Å². The van der Waals surface area contributed by atoms with E-state index < -0.39 is 0 Å². The maximum absolute atomic E-state index is 12.4. The van der Waals surface area contributed by atoms with Gasteiger partial charge in [-0.2, -0.15) is 0 Å². The number of benzene rings is 2. The molecule has 24 heavy (non-hydrogen) atoms. The van der Waals surface area contributed by atoms with Crippen LogP contribution in [0.4, 0.5) is 10.5 Å². The second kappa shape index (κ2) is 7.58. The van der Waals surface area contributed by atoms with Gasteiger partial charge < -0.3 is 15.1 Å². The second-order valence-corrected chi connectivity index (χ2v) is 6.42. The molecular weight excluding hydrogens is 322 g/mol. The molecule has 2 aromatic carbocycles. The normalized spacial score (nSPS) is 14.6. The summed E-state index contributed by atoms with van der Waals surface area (Å²) in [7, 11) is 0. The topological polar surface area (TPSA) is 35.6 Å². The van der Waals surface area contributed by atoms with Gasteiger partial charge in [0.25, 0.3) is 0 Å². The molecule has 0 saturated carbocycles. The maximum atomic E-state index is 12.4. The van der Waals surface area contributed by atoms with Crippen molar-refractivity contribution in [2.24, 2.45) is 0 Å². The molecule has 1 N–H and O–H groups in total. The van der Waals surface area contributed by atoms with E-state index in [1.54, 1.807) is 0 Å². The van der Waals surface area contributed by atoms with E-state index in [0.29, 0.717) is 19.6 Å². The van der Waals surface area contributed by atoms with Gasteiger partial charge in [0.15, 0.2) is 0 Å². The third-order valence-corrected chi connectivity index (χ3v) is 4.77. The first-order chi connectivity index (χ1) is 11.6. The molecule has 2 aromatic rings. The molecule has 0 aliphatic carbocycles. The molecule has 4 nitrogen and oxygen atoms in total. The van der Waals surface area contributed by atoms with E-state index in [9.17, 15) is 4.79 Å². The highest BCUT2D eigenvalue weighted by molar-refractivity contribution is 6.33. The van der Waals surface area contributed by atoms with Crippen LogP contribution < -0.4 is 10.2 Å². The molecule has 0 spiro atoms. The molecule has 5 heteroatoms. The highest BCUT2D eigenvalue weighted by Crippen LogP contribution is 2.26. The molecule has 1 aliphatic rings. The average Bonchev–Trinajstić information content (AvgIpc) is 2.61. The summed E-state index contributed by atoms with van der Waals surface area (Å²) in [6, 6.07) is 16.0. The lowest BCUT2D eigenvalue weighted by molar-refractivity contribution is 0.194. The summed E-state index contributed by atoms with van der Waals surface area (Å²) in [5.41, 5.74) is 3.39. The zero-order valence-corrected chi connectivity index (χ0v) is 14.6. The van der Waals surface area contributed by atoms with Gasteiger partial charge in [0.1, 0.15) is 0 Å². The highest BCUT2D eigenvalue weighted by atomic mass is 35.5. The zero-order valence-electron chi connectivity index (χ0n) is 13.8. The van der Waals surface area contributed by atoms with Crippen molar-refractivity contribution in [1.82, 2.24) is 10.2 Å². The smallest absolute Gasteiger partial charge is 0.317 e. The van der Waals surface area contributed by atoms with Crippen molar-refractivity contribution in [3.05, 3.63) is 64.7 Å². The fraction of sp³-hybridized carbons (Fsp3) is 0.316. The van der Waals surface area contributed by atoms with Gasteiger partial charge in [-0.05, 0) is 30.2 Å². The Morgan fingerprint density at radius 3 is 2.42 bits per heavy atom. The van der Waals surface area contributed by atoms with Crippen molar-refractivity contribution in [3.63, 3.8) is 0 Å². The van der Waals surface area contributed by atoms with E-state index in [1.165, 1.54) is 5.56 Å². The summed E-state index contributed by atoms with van der Waals surface area (Å²) < 4.78 is 0. The number of carbonyl (C=O) groups is 1. The Bertz CT molecular complexity index is 711. The fourth-order valence-electron chi connectivity index (χ4n) is 2.95. The summed E-state index contributed by atoms with van der Waals surface area (Å²) in [5.74, 6) is 0. The monoisotopic (exact) mass is 343 g/mol. The van der Waals surface area contributed by atoms with E-state index in [2.05, 4.69) is 23.2 Å². The van der Waals surface area contributed by atoms with Crippen LogP contribution in [0.15, 0.2) is 48.5 Å². The average molecular weight is 344 g/mol. The third kappa shape index (κ3) is 3.82. The molecule has 1 heterocycles. The van der Waals surface area contributed by atoms with Gasteiger partial charge in [0.05, 0.1) is 10.7 Å². The Morgan fingerprint density at radius 2 is 1.71 bits per heavy atom. The Kier molecular flexibility index (Phi) is 5.26. The molecule has 0 unspecified atom stereocenters. The number of hydrogen-bond donors (Lipinski definition) is 1. The summed E-state index contributed by atoms with van der Waals surface area (Å²) >= 11 is 6.25. The van der Waals surface area contributed by atoms with Gasteiger partial charge in [-0.15, -0.1) is 0 Å². The lowest BCUT2D eigenvalue weighted by atomic mass is 10.1. The molecule has 0 atom stereocenters. The number of nitrogens with zero attached hydrogens (tertiary/aromatic N) is 2. The van der Waals surface area contributed by atoms with Crippen LogP contribution in [-0.4, -0.2) is 37.1 Å². The Hall–Kier alpha value is -2.20. The molecule has 0 radical (unpaired) electrons. The van der Waals surface area contributed by atoms with Crippen molar-refractivity contribution in [1.29, 1.82) is 0 Å². The van der Waals surface area contributed by atoms with Crippen LogP contribution in [-0.2, 0) is 6.54 Å². The standard InChI is InChI=1S/C19H22ClN3O/c1-15-6-2-3-7-16(15)14-21-19(24)23-12-10-22(11-13-23)18-9-5-4-8-17(18)20/h2-9H,10-14H2,1H3,(H,21,24). The number of halogens is 1. The lowest BCUT2D eigenvalue weighted by Crippen LogP contribution is -2.51. The van der Waals surface area contributed by atoms with Crippen LogP contribution in [0.1, 0.15) is 11.1 Å². The second-order valence-electron chi connectivity index (χ2n) is 6.01. The van der Waals surface area contributed by atoms with E-state index >= 15 is 0 Å². The van der Waals surface area contributed by atoms with Crippen molar-refractivity contribution in [3.8, 4) is 0 Å². The van der Waals surface area contributed by atoms with Crippen molar-refractivity contribution >= 4 is 23.3 Å². The molecule has 3 rings (SSSR count). The number of aryl methyl sites for hydroxylation is 1. The Labute approximate surface area is 148 Å². The minimum Gasteiger partial charge on any atom is -0.367 e. The van der Waals surface area contributed by atoms with E-state index in [1.807, 2.05) is 47.4 Å². The molecular formula is C19H22ClN3O. The summed E-state index contributed by atoms with van der Waals surface area (Å²) in [6.07, 6.45) is 0. The van der Waals surface area contributed by atoms with Crippen LogP contribution in [0.25, 0.3) is 0 Å². The number of piperazine rings is 1. The predicted molar refractivity (Wildman–Crippen MR) is 98.7 cm³/mol. The number of para-hydroxylation sites is 1.